The van der Waals surface area contributed by atoms with E-state index in [1.54, 1.807) is 50.3 Å². The minimum Gasteiger partial charge on any atom is -0.493 e. The fourth-order valence-electron chi connectivity index (χ4n) is 4.08. The molecule has 0 aliphatic carbocycles. The lowest BCUT2D eigenvalue weighted by Gasteiger charge is -2.32. The van der Waals surface area contributed by atoms with Gasteiger partial charge >= 0.3 is 5.97 Å². The van der Waals surface area contributed by atoms with Crippen molar-refractivity contribution < 1.29 is 28.6 Å². The molecule has 40 heavy (non-hydrogen) atoms. The van der Waals surface area contributed by atoms with Crippen molar-refractivity contribution in [3.05, 3.63) is 83.9 Å². The highest BCUT2D eigenvalue weighted by atomic mass is 32.2. The minimum absolute atomic E-state index is 0.0250. The van der Waals surface area contributed by atoms with Crippen LogP contribution < -0.4 is 14.8 Å². The number of para-hydroxylation sites is 1. The Hall–Kier alpha value is -4.31. The van der Waals surface area contributed by atoms with E-state index in [9.17, 15) is 14.4 Å². The summed E-state index contributed by atoms with van der Waals surface area (Å²) in [5.41, 5.74) is 2.57. The smallest absolute Gasteiger partial charge is 0.338 e. The quantitative estimate of drug-likeness (QED) is 0.344. The van der Waals surface area contributed by atoms with Crippen molar-refractivity contribution >= 4 is 46.1 Å². The van der Waals surface area contributed by atoms with Gasteiger partial charge in [0.1, 0.15) is 5.25 Å². The summed E-state index contributed by atoms with van der Waals surface area (Å²) < 4.78 is 15.7. The van der Waals surface area contributed by atoms with Gasteiger partial charge in [-0.05, 0) is 67.4 Å². The number of nitrogens with one attached hydrogen (secondary N) is 1. The van der Waals surface area contributed by atoms with Gasteiger partial charge in [-0.3, -0.25) is 14.5 Å². The third-order valence-electron chi connectivity index (χ3n) is 6.15. The van der Waals surface area contributed by atoms with Crippen LogP contribution in [0.2, 0.25) is 0 Å². The fraction of sp³-hybridized carbons (Fsp3) is 0.267. The van der Waals surface area contributed by atoms with E-state index in [-0.39, 0.29) is 24.8 Å². The number of methoxy groups -OCH3 is 2. The summed E-state index contributed by atoms with van der Waals surface area (Å²) in [6, 6.07) is 21.4. The number of anilines is 1. The summed E-state index contributed by atoms with van der Waals surface area (Å²) in [6.45, 7) is 2.40. The van der Waals surface area contributed by atoms with Crippen LogP contribution in [0.4, 0.5) is 11.4 Å². The predicted octanol–water partition coefficient (Wildman–Crippen LogP) is 5.08. The molecule has 0 aromatic heterocycles. The van der Waals surface area contributed by atoms with Crippen molar-refractivity contribution in [1.29, 1.82) is 0 Å². The molecular formula is C30H31N3O6S. The second-order valence-electron chi connectivity index (χ2n) is 8.81. The van der Waals surface area contributed by atoms with Crippen molar-refractivity contribution in [2.75, 3.05) is 32.7 Å². The van der Waals surface area contributed by atoms with Crippen molar-refractivity contribution in [3.63, 3.8) is 0 Å². The van der Waals surface area contributed by atoms with Crippen LogP contribution in [-0.2, 0) is 20.7 Å². The molecule has 1 N–H and O–H groups in total. The normalized spacial score (nSPS) is 16.0. The summed E-state index contributed by atoms with van der Waals surface area (Å²) in [6.07, 6.45) is 0.585. The number of amides is 2. The van der Waals surface area contributed by atoms with E-state index >= 15 is 0 Å². The van der Waals surface area contributed by atoms with Crippen LogP contribution in [0.5, 0.6) is 11.5 Å². The molecule has 208 valence electrons. The lowest BCUT2D eigenvalue weighted by Crippen LogP contribution is -2.46. The number of amidine groups is 1. The number of thioether (sulfide) groups is 1. The van der Waals surface area contributed by atoms with Gasteiger partial charge in [-0.1, -0.05) is 36.0 Å². The van der Waals surface area contributed by atoms with E-state index in [4.69, 9.17) is 19.2 Å². The number of benzene rings is 3. The zero-order valence-electron chi connectivity index (χ0n) is 22.6. The first-order chi connectivity index (χ1) is 19.4. The predicted molar refractivity (Wildman–Crippen MR) is 156 cm³/mol. The summed E-state index contributed by atoms with van der Waals surface area (Å²) in [5.74, 6) is 0.314. The Bertz CT molecular complexity index is 1380. The molecule has 0 saturated carbocycles. The van der Waals surface area contributed by atoms with Gasteiger partial charge in [-0.25, -0.2) is 9.79 Å². The number of esters is 1. The number of carbonyl (C=O) groups excluding carboxylic acids is 3. The van der Waals surface area contributed by atoms with Crippen LogP contribution >= 0.6 is 11.8 Å². The maximum atomic E-state index is 13.3. The molecule has 0 radical (unpaired) electrons. The molecule has 10 heteroatoms. The molecule has 1 fully saturated rings. The van der Waals surface area contributed by atoms with Crippen molar-refractivity contribution in [2.24, 2.45) is 4.99 Å². The number of nitrogens with zero attached hydrogens (tertiary/aromatic N) is 2. The highest BCUT2D eigenvalue weighted by Crippen LogP contribution is 2.31. The monoisotopic (exact) mass is 561 g/mol. The van der Waals surface area contributed by atoms with Crippen molar-refractivity contribution in [1.82, 2.24) is 4.90 Å². The van der Waals surface area contributed by atoms with Gasteiger partial charge < -0.3 is 19.5 Å². The first-order valence-electron chi connectivity index (χ1n) is 12.8. The topological polar surface area (TPSA) is 107 Å². The molecule has 2 amide bonds. The molecule has 1 atom stereocenters. The second-order valence-corrected chi connectivity index (χ2v) is 9.98. The third kappa shape index (κ3) is 7.20. The third-order valence-corrected chi connectivity index (χ3v) is 7.34. The molecular weight excluding hydrogens is 530 g/mol. The molecule has 1 heterocycles. The van der Waals surface area contributed by atoms with E-state index in [2.05, 4.69) is 5.32 Å². The highest BCUT2D eigenvalue weighted by Gasteiger charge is 2.36. The minimum atomic E-state index is -0.669. The number of ether oxygens (including phenoxy) is 3. The molecule has 1 aliphatic rings. The van der Waals surface area contributed by atoms with Gasteiger partial charge in [0.15, 0.2) is 16.7 Å². The largest absolute Gasteiger partial charge is 0.493 e. The van der Waals surface area contributed by atoms with Crippen LogP contribution in [0.1, 0.15) is 29.3 Å². The van der Waals surface area contributed by atoms with E-state index < -0.39 is 11.2 Å². The SMILES string of the molecule is CCOC(=O)c1ccc(NC(=O)C2CC(=O)N(CCc3ccc(OC)c(OC)c3)C(=Nc3ccccc3)S2)cc1. The summed E-state index contributed by atoms with van der Waals surface area (Å²) in [4.78, 5) is 44.8. The average Bonchev–Trinajstić information content (AvgIpc) is 2.97. The molecule has 1 unspecified atom stereocenters. The number of hydrogen-bond acceptors (Lipinski definition) is 8. The molecule has 0 spiro atoms. The zero-order chi connectivity index (χ0) is 28.5. The van der Waals surface area contributed by atoms with Gasteiger partial charge in [0, 0.05) is 18.7 Å². The molecule has 9 nitrogen and oxygen atoms in total. The van der Waals surface area contributed by atoms with Gasteiger partial charge in [0.05, 0.1) is 32.1 Å². The van der Waals surface area contributed by atoms with Crippen LogP contribution in [0.25, 0.3) is 0 Å². The van der Waals surface area contributed by atoms with Crippen LogP contribution in [0.15, 0.2) is 77.8 Å². The van der Waals surface area contributed by atoms with Gasteiger partial charge in [0.2, 0.25) is 11.8 Å². The number of rotatable bonds is 10. The number of carbonyl (C=O) groups is 3. The number of hydrogen-bond donors (Lipinski definition) is 1. The highest BCUT2D eigenvalue weighted by molar-refractivity contribution is 8.15. The maximum Gasteiger partial charge on any atom is 0.338 e. The molecule has 1 aliphatic heterocycles. The van der Waals surface area contributed by atoms with Crippen LogP contribution in [0.3, 0.4) is 0 Å². The summed E-state index contributed by atoms with van der Waals surface area (Å²) >= 11 is 1.25. The first-order valence-corrected chi connectivity index (χ1v) is 13.7. The Kier molecular flexibility index (Phi) is 9.80. The Morgan fingerprint density at radius 2 is 1.73 bits per heavy atom. The van der Waals surface area contributed by atoms with Crippen molar-refractivity contribution in [2.45, 2.75) is 25.0 Å². The van der Waals surface area contributed by atoms with Gasteiger partial charge in [-0.2, -0.15) is 0 Å². The van der Waals surface area contributed by atoms with Gasteiger partial charge in [-0.15, -0.1) is 0 Å². The zero-order valence-corrected chi connectivity index (χ0v) is 23.4. The van der Waals surface area contributed by atoms with E-state index in [0.717, 1.165) is 5.56 Å². The fourth-order valence-corrected chi connectivity index (χ4v) is 5.20. The van der Waals surface area contributed by atoms with E-state index in [1.807, 2.05) is 48.5 Å². The summed E-state index contributed by atoms with van der Waals surface area (Å²) in [5, 5.41) is 2.64. The first kappa shape index (κ1) is 28.7. The van der Waals surface area contributed by atoms with Crippen LogP contribution in [-0.4, -0.2) is 60.5 Å². The Balaban J connectivity index is 1.49. The molecule has 4 rings (SSSR count). The van der Waals surface area contributed by atoms with Crippen molar-refractivity contribution in [3.8, 4) is 11.5 Å². The Morgan fingerprint density at radius 1 is 1.00 bits per heavy atom. The second kappa shape index (κ2) is 13.7. The maximum absolute atomic E-state index is 13.3. The molecule has 3 aromatic carbocycles. The van der Waals surface area contributed by atoms with E-state index in [0.29, 0.717) is 46.6 Å². The van der Waals surface area contributed by atoms with Gasteiger partial charge in [0.25, 0.3) is 0 Å². The van der Waals surface area contributed by atoms with E-state index in [1.165, 1.54) is 11.8 Å². The molecule has 0 bridgehead atoms. The standard InChI is InChI=1S/C30H31N3O6S/c1-4-39-29(36)21-11-13-23(14-12-21)31-28(35)26-19-27(34)33(30(40-26)32-22-8-6-5-7-9-22)17-16-20-10-15-24(37-2)25(18-20)38-3/h5-15,18,26H,4,16-17,19H2,1-3H3,(H,31,35). The lowest BCUT2D eigenvalue weighted by molar-refractivity contribution is -0.129. The Morgan fingerprint density at radius 3 is 2.40 bits per heavy atom. The number of aliphatic imine (C=N–C) groups is 1. The lowest BCUT2D eigenvalue weighted by atomic mass is 10.1. The van der Waals surface area contributed by atoms with Crippen LogP contribution in [0, 0.1) is 0 Å². The molecule has 1 saturated heterocycles. The molecule has 3 aromatic rings. The summed E-state index contributed by atoms with van der Waals surface area (Å²) in [7, 11) is 3.16. The average molecular weight is 562 g/mol. The Labute approximate surface area is 237 Å².